The van der Waals surface area contributed by atoms with Gasteiger partial charge in [-0.15, -0.1) is 0 Å². The molecule has 124 valence electrons. The molecule has 0 saturated heterocycles. The highest BCUT2D eigenvalue weighted by Gasteiger charge is 2.02. The Morgan fingerprint density at radius 3 is 2.36 bits per heavy atom. The molecule has 0 radical (unpaired) electrons. The minimum Gasteiger partial charge on any atom is -0.267 e. The van der Waals surface area contributed by atoms with Crippen LogP contribution in [0.3, 0.4) is 0 Å². The van der Waals surface area contributed by atoms with Crippen LogP contribution in [0.4, 0.5) is 0 Å². The van der Waals surface area contributed by atoms with Crippen LogP contribution in [0.5, 0.6) is 0 Å². The van der Waals surface area contributed by atoms with Crippen molar-refractivity contribution in [2.24, 2.45) is 5.10 Å². The third-order valence-corrected chi connectivity index (χ3v) is 4.46. The zero-order valence-electron chi connectivity index (χ0n) is 13.7. The summed E-state index contributed by atoms with van der Waals surface area (Å²) in [5.41, 5.74) is 5.14. The summed E-state index contributed by atoms with van der Waals surface area (Å²) in [7, 11) is 0. The molecule has 5 heteroatoms. The van der Waals surface area contributed by atoms with Gasteiger partial charge >= 0.3 is 0 Å². The predicted molar refractivity (Wildman–Crippen MR) is 101 cm³/mol. The molecule has 4 nitrogen and oxygen atoms in total. The summed E-state index contributed by atoms with van der Waals surface area (Å²) in [5.74, 6) is -0.282. The van der Waals surface area contributed by atoms with Crippen LogP contribution in [0.25, 0.3) is 0 Å². The van der Waals surface area contributed by atoms with Crippen molar-refractivity contribution in [3.8, 4) is 0 Å². The Kier molecular flexibility index (Phi) is 5.59. The number of rotatable bonds is 5. The number of pyridine rings is 1. The number of hydrazone groups is 1. The van der Waals surface area contributed by atoms with Crippen molar-refractivity contribution in [2.45, 2.75) is 16.7 Å². The van der Waals surface area contributed by atoms with Gasteiger partial charge in [-0.2, -0.15) is 5.10 Å². The predicted octanol–water partition coefficient (Wildman–Crippen LogP) is 4.31. The van der Waals surface area contributed by atoms with E-state index >= 15 is 0 Å². The van der Waals surface area contributed by atoms with E-state index in [-0.39, 0.29) is 5.91 Å². The van der Waals surface area contributed by atoms with Crippen LogP contribution in [0.2, 0.25) is 0 Å². The van der Waals surface area contributed by atoms with E-state index in [9.17, 15) is 4.79 Å². The number of hydrogen-bond donors (Lipinski definition) is 1. The summed E-state index contributed by atoms with van der Waals surface area (Å²) >= 11 is 1.71. The summed E-state index contributed by atoms with van der Waals surface area (Å²) in [4.78, 5) is 18.1. The number of carbonyl (C=O) groups excluding carboxylic acids is 1. The van der Waals surface area contributed by atoms with Crippen LogP contribution in [0.15, 0.2) is 87.9 Å². The normalized spacial score (nSPS) is 10.8. The molecule has 0 spiro atoms. The number of carbonyl (C=O) groups is 1. The van der Waals surface area contributed by atoms with E-state index in [4.69, 9.17) is 0 Å². The summed E-state index contributed by atoms with van der Waals surface area (Å²) in [6.45, 7) is 2.08. The highest BCUT2D eigenvalue weighted by Crippen LogP contribution is 2.27. The Bertz CT molecular complexity index is 860. The van der Waals surface area contributed by atoms with Crippen LogP contribution in [0, 0.1) is 6.92 Å². The molecule has 3 aromatic rings. The van der Waals surface area contributed by atoms with Gasteiger partial charge in [-0.1, -0.05) is 41.6 Å². The Morgan fingerprint density at radius 2 is 1.72 bits per heavy atom. The van der Waals surface area contributed by atoms with Crippen LogP contribution >= 0.6 is 11.8 Å². The topological polar surface area (TPSA) is 54.4 Å². The van der Waals surface area contributed by atoms with E-state index in [0.29, 0.717) is 5.56 Å². The molecule has 1 N–H and O–H groups in total. The molecule has 1 aromatic heterocycles. The summed E-state index contributed by atoms with van der Waals surface area (Å²) < 4.78 is 0. The molecule has 0 aliphatic heterocycles. The van der Waals surface area contributed by atoms with Gasteiger partial charge in [-0.3, -0.25) is 9.78 Å². The van der Waals surface area contributed by atoms with E-state index in [1.165, 1.54) is 16.7 Å². The average molecular weight is 347 g/mol. The van der Waals surface area contributed by atoms with Gasteiger partial charge in [-0.25, -0.2) is 5.43 Å². The van der Waals surface area contributed by atoms with Crippen molar-refractivity contribution < 1.29 is 4.79 Å². The van der Waals surface area contributed by atoms with Crippen molar-refractivity contribution in [2.75, 3.05) is 0 Å². The van der Waals surface area contributed by atoms with Gasteiger partial charge in [0, 0.05) is 22.2 Å². The zero-order chi connectivity index (χ0) is 17.5. The third kappa shape index (κ3) is 5.02. The van der Waals surface area contributed by atoms with Crippen molar-refractivity contribution in [3.05, 3.63) is 89.7 Å². The number of hydrogen-bond acceptors (Lipinski definition) is 4. The highest BCUT2D eigenvalue weighted by molar-refractivity contribution is 7.99. The summed E-state index contributed by atoms with van der Waals surface area (Å²) in [5, 5.41) is 3.98. The largest absolute Gasteiger partial charge is 0.272 e. The maximum atomic E-state index is 11.8. The molecule has 0 fully saturated rings. The molecule has 25 heavy (non-hydrogen) atoms. The maximum Gasteiger partial charge on any atom is 0.272 e. The second-order valence-corrected chi connectivity index (χ2v) is 6.57. The van der Waals surface area contributed by atoms with Crippen molar-refractivity contribution in [1.29, 1.82) is 0 Å². The van der Waals surface area contributed by atoms with Gasteiger partial charge in [0.1, 0.15) is 0 Å². The minimum absolute atomic E-state index is 0.282. The zero-order valence-corrected chi connectivity index (χ0v) is 14.5. The fourth-order valence-electron chi connectivity index (χ4n) is 2.09. The Morgan fingerprint density at radius 1 is 1.04 bits per heavy atom. The summed E-state index contributed by atoms with van der Waals surface area (Å²) in [6.07, 6.45) is 4.74. The Balaban J connectivity index is 1.57. The molecule has 0 saturated carbocycles. The molecule has 0 aliphatic rings. The first-order valence-corrected chi connectivity index (χ1v) is 8.60. The van der Waals surface area contributed by atoms with Gasteiger partial charge in [0.15, 0.2) is 0 Å². The molecule has 1 heterocycles. The monoisotopic (exact) mass is 347 g/mol. The van der Waals surface area contributed by atoms with Gasteiger partial charge in [0.25, 0.3) is 5.91 Å². The molecule has 0 unspecified atom stereocenters. The van der Waals surface area contributed by atoms with E-state index < -0.39 is 0 Å². The lowest BCUT2D eigenvalue weighted by Crippen LogP contribution is -2.17. The maximum absolute atomic E-state index is 11.8. The SMILES string of the molecule is Cc1ccc(Sc2ccc(/C=N/NC(=O)c3cccnc3)cc2)cc1. The first kappa shape index (κ1) is 16.9. The second-order valence-electron chi connectivity index (χ2n) is 5.42. The summed E-state index contributed by atoms with van der Waals surface area (Å²) in [6, 6.07) is 19.9. The van der Waals surface area contributed by atoms with Crippen molar-refractivity contribution >= 4 is 23.9 Å². The van der Waals surface area contributed by atoms with Crippen LogP contribution in [0.1, 0.15) is 21.5 Å². The Hall–Kier alpha value is -2.92. The first-order valence-electron chi connectivity index (χ1n) is 7.79. The lowest BCUT2D eigenvalue weighted by molar-refractivity contribution is 0.0955. The molecule has 1 amide bonds. The van der Waals surface area contributed by atoms with E-state index in [1.54, 1.807) is 36.3 Å². The molecule has 3 rings (SSSR count). The molecular weight excluding hydrogens is 330 g/mol. The van der Waals surface area contributed by atoms with Crippen LogP contribution in [-0.4, -0.2) is 17.1 Å². The number of amides is 1. The van der Waals surface area contributed by atoms with E-state index in [2.05, 4.69) is 46.7 Å². The first-order chi connectivity index (χ1) is 12.2. The number of benzene rings is 2. The van der Waals surface area contributed by atoms with Gasteiger partial charge in [-0.05, 0) is 48.9 Å². The molecule has 2 aromatic carbocycles. The van der Waals surface area contributed by atoms with Crippen molar-refractivity contribution in [3.63, 3.8) is 0 Å². The average Bonchev–Trinajstić information content (AvgIpc) is 2.66. The quantitative estimate of drug-likeness (QED) is 0.553. The van der Waals surface area contributed by atoms with Gasteiger partial charge in [0.05, 0.1) is 11.8 Å². The van der Waals surface area contributed by atoms with Crippen LogP contribution < -0.4 is 5.43 Å². The lowest BCUT2D eigenvalue weighted by atomic mass is 10.2. The van der Waals surface area contributed by atoms with Crippen molar-refractivity contribution in [1.82, 2.24) is 10.4 Å². The van der Waals surface area contributed by atoms with E-state index in [1.807, 2.05) is 24.3 Å². The minimum atomic E-state index is -0.282. The van der Waals surface area contributed by atoms with Crippen LogP contribution in [-0.2, 0) is 0 Å². The standard InChI is InChI=1S/C20H17N3OS/c1-15-4-8-18(9-5-15)25-19-10-6-16(7-11-19)13-22-23-20(24)17-3-2-12-21-14-17/h2-14H,1H3,(H,23,24)/b22-13+. The Labute approximate surface area is 151 Å². The second kappa shape index (κ2) is 8.26. The fourth-order valence-corrected chi connectivity index (χ4v) is 2.91. The third-order valence-electron chi connectivity index (χ3n) is 3.44. The molecule has 0 bridgehead atoms. The fraction of sp³-hybridized carbons (Fsp3) is 0.0500. The number of nitrogens with zero attached hydrogens (tertiary/aromatic N) is 2. The lowest BCUT2D eigenvalue weighted by Gasteiger charge is -2.03. The number of aromatic nitrogens is 1. The molecule has 0 aliphatic carbocycles. The highest BCUT2D eigenvalue weighted by atomic mass is 32.2. The number of aryl methyl sites for hydroxylation is 1. The molecule has 0 atom stereocenters. The molecular formula is C20H17N3OS. The van der Waals surface area contributed by atoms with Gasteiger partial charge < -0.3 is 0 Å². The van der Waals surface area contributed by atoms with Gasteiger partial charge in [0.2, 0.25) is 0 Å². The number of nitrogens with one attached hydrogen (secondary N) is 1. The smallest absolute Gasteiger partial charge is 0.267 e. The van der Waals surface area contributed by atoms with E-state index in [0.717, 1.165) is 10.5 Å².